The molecule has 0 fully saturated rings. The maximum absolute atomic E-state index is 12.5. The van der Waals surface area contributed by atoms with E-state index in [2.05, 4.69) is 10.6 Å². The van der Waals surface area contributed by atoms with Crippen molar-refractivity contribution in [2.45, 2.75) is 31.8 Å². The zero-order valence-corrected chi connectivity index (χ0v) is 14.3. The van der Waals surface area contributed by atoms with Crippen LogP contribution >= 0.6 is 11.3 Å². The molecule has 0 aliphatic carbocycles. The lowest BCUT2D eigenvalue weighted by Gasteiger charge is -2.27. The third-order valence-corrected chi connectivity index (χ3v) is 4.93. The van der Waals surface area contributed by atoms with E-state index in [9.17, 15) is 9.59 Å². The number of para-hydroxylation sites is 1. The number of hydrogen-bond acceptors (Lipinski definition) is 4. The van der Waals surface area contributed by atoms with Crippen molar-refractivity contribution in [2.24, 2.45) is 0 Å². The van der Waals surface area contributed by atoms with Gasteiger partial charge in [0.2, 0.25) is 11.8 Å². The van der Waals surface area contributed by atoms with Crippen LogP contribution in [0.4, 0.5) is 0 Å². The molecule has 6 heteroatoms. The Morgan fingerprint density at radius 1 is 1.29 bits per heavy atom. The minimum atomic E-state index is -0.294. The summed E-state index contributed by atoms with van der Waals surface area (Å²) in [4.78, 5) is 24.9. The molecule has 1 aliphatic heterocycles. The summed E-state index contributed by atoms with van der Waals surface area (Å²) in [5, 5.41) is 7.87. The fourth-order valence-electron chi connectivity index (χ4n) is 2.89. The molecular weight excluding hydrogens is 324 g/mol. The Morgan fingerprint density at radius 2 is 2.12 bits per heavy atom. The van der Waals surface area contributed by atoms with Gasteiger partial charge in [0, 0.05) is 23.8 Å². The van der Waals surface area contributed by atoms with Gasteiger partial charge in [-0.25, -0.2) is 0 Å². The summed E-state index contributed by atoms with van der Waals surface area (Å²) in [5.74, 6) is 0.604. The first kappa shape index (κ1) is 16.5. The van der Waals surface area contributed by atoms with Crippen molar-refractivity contribution >= 4 is 23.2 Å². The van der Waals surface area contributed by atoms with Gasteiger partial charge in [0.05, 0.1) is 25.1 Å². The lowest BCUT2D eigenvalue weighted by atomic mass is 10.00. The van der Waals surface area contributed by atoms with Gasteiger partial charge in [-0.05, 0) is 17.5 Å². The fraction of sp³-hybridized carbons (Fsp3) is 0.333. The zero-order valence-electron chi connectivity index (χ0n) is 13.5. The lowest BCUT2D eigenvalue weighted by Crippen LogP contribution is -2.35. The van der Waals surface area contributed by atoms with Crippen LogP contribution in [0.5, 0.6) is 5.75 Å². The third-order valence-electron chi connectivity index (χ3n) is 3.95. The largest absolute Gasteiger partial charge is 0.493 e. The summed E-state index contributed by atoms with van der Waals surface area (Å²) in [7, 11) is 0. The molecule has 1 aliphatic rings. The average Bonchev–Trinajstić information content (AvgIpc) is 3.08. The molecule has 2 aromatic rings. The number of carbonyl (C=O) groups excluding carboxylic acids is 2. The normalized spacial score (nSPS) is 17.3. The average molecular weight is 344 g/mol. The van der Waals surface area contributed by atoms with E-state index in [1.165, 1.54) is 18.3 Å². The highest BCUT2D eigenvalue weighted by Gasteiger charge is 2.24. The zero-order chi connectivity index (χ0) is 16.9. The first-order valence-electron chi connectivity index (χ1n) is 7.95. The minimum Gasteiger partial charge on any atom is -0.493 e. The van der Waals surface area contributed by atoms with E-state index in [0.717, 1.165) is 22.6 Å². The molecule has 0 spiro atoms. The number of fused-ring (bicyclic) bond motifs is 1. The molecule has 0 saturated heterocycles. The molecular formula is C18H20N2O3S. The monoisotopic (exact) mass is 344 g/mol. The predicted octanol–water partition coefficient (Wildman–Crippen LogP) is 2.96. The number of rotatable bonds is 5. The smallest absolute Gasteiger partial charge is 0.222 e. The first-order chi connectivity index (χ1) is 11.6. The Bertz CT molecular complexity index is 715. The minimum absolute atomic E-state index is 0.0521. The highest BCUT2D eigenvalue weighted by Crippen LogP contribution is 2.32. The topological polar surface area (TPSA) is 67.4 Å². The van der Waals surface area contributed by atoms with E-state index in [0.29, 0.717) is 6.61 Å². The standard InChI is InChI=1S/C18H20N2O3S/c1-12(21)19-15(17-7-4-10-24-17)11-18(22)20-14-8-9-23-16-6-3-2-5-13(14)16/h2-7,10,14-15H,8-9,11H2,1H3,(H,19,21)(H,20,22)/t14-,15+/m1/s1. The molecule has 0 saturated carbocycles. The maximum atomic E-state index is 12.5. The summed E-state index contributed by atoms with van der Waals surface area (Å²) in [6, 6.07) is 11.3. The Kier molecular flexibility index (Phi) is 5.15. The molecule has 2 N–H and O–H groups in total. The van der Waals surface area contributed by atoms with Gasteiger partial charge in [0.15, 0.2) is 0 Å². The van der Waals surface area contributed by atoms with Gasteiger partial charge in [-0.1, -0.05) is 24.3 Å². The van der Waals surface area contributed by atoms with Crippen LogP contribution in [0.1, 0.15) is 42.3 Å². The van der Waals surface area contributed by atoms with Crippen molar-refractivity contribution in [1.82, 2.24) is 10.6 Å². The molecule has 2 atom stereocenters. The number of ether oxygens (including phenoxy) is 1. The molecule has 1 aromatic heterocycles. The van der Waals surface area contributed by atoms with Gasteiger partial charge < -0.3 is 15.4 Å². The molecule has 3 rings (SSSR count). The van der Waals surface area contributed by atoms with Crippen molar-refractivity contribution < 1.29 is 14.3 Å². The quantitative estimate of drug-likeness (QED) is 0.876. The third kappa shape index (κ3) is 3.94. The summed E-state index contributed by atoms with van der Waals surface area (Å²) in [6.45, 7) is 2.05. The Morgan fingerprint density at radius 3 is 2.88 bits per heavy atom. The van der Waals surface area contributed by atoms with E-state index in [1.54, 1.807) is 0 Å². The number of amides is 2. The van der Waals surface area contributed by atoms with Gasteiger partial charge in [0.1, 0.15) is 5.75 Å². The lowest BCUT2D eigenvalue weighted by molar-refractivity contribution is -0.123. The van der Waals surface area contributed by atoms with Crippen LogP contribution < -0.4 is 15.4 Å². The summed E-state index contributed by atoms with van der Waals surface area (Å²) in [6.07, 6.45) is 0.964. The molecule has 2 heterocycles. The van der Waals surface area contributed by atoms with Crippen molar-refractivity contribution in [3.05, 3.63) is 52.2 Å². The molecule has 5 nitrogen and oxygen atoms in total. The SMILES string of the molecule is CC(=O)N[C@@H](CC(=O)N[C@@H]1CCOc2ccccc21)c1cccs1. The van der Waals surface area contributed by atoms with Crippen LogP contribution in [0, 0.1) is 0 Å². The summed E-state index contributed by atoms with van der Waals surface area (Å²) < 4.78 is 5.62. The van der Waals surface area contributed by atoms with Crippen LogP contribution in [0.2, 0.25) is 0 Å². The van der Waals surface area contributed by atoms with Crippen LogP contribution in [0.15, 0.2) is 41.8 Å². The van der Waals surface area contributed by atoms with E-state index >= 15 is 0 Å². The molecule has 0 radical (unpaired) electrons. The fourth-order valence-corrected chi connectivity index (χ4v) is 3.67. The first-order valence-corrected chi connectivity index (χ1v) is 8.83. The van der Waals surface area contributed by atoms with Crippen LogP contribution in [-0.4, -0.2) is 18.4 Å². The van der Waals surface area contributed by atoms with E-state index in [4.69, 9.17) is 4.74 Å². The molecule has 1 aromatic carbocycles. The van der Waals surface area contributed by atoms with Gasteiger partial charge in [-0.15, -0.1) is 11.3 Å². The number of carbonyl (C=O) groups is 2. The molecule has 0 bridgehead atoms. The second-order valence-corrected chi connectivity index (χ2v) is 6.75. The van der Waals surface area contributed by atoms with E-state index < -0.39 is 0 Å². The highest BCUT2D eigenvalue weighted by molar-refractivity contribution is 7.10. The van der Waals surface area contributed by atoms with Crippen molar-refractivity contribution in [3.63, 3.8) is 0 Å². The van der Waals surface area contributed by atoms with Crippen LogP contribution in [0.3, 0.4) is 0 Å². The molecule has 2 amide bonds. The number of nitrogens with one attached hydrogen (secondary N) is 2. The number of thiophene rings is 1. The maximum Gasteiger partial charge on any atom is 0.222 e. The van der Waals surface area contributed by atoms with E-state index in [-0.39, 0.29) is 30.3 Å². The molecule has 24 heavy (non-hydrogen) atoms. The Balaban J connectivity index is 1.67. The molecule has 126 valence electrons. The van der Waals surface area contributed by atoms with Gasteiger partial charge >= 0.3 is 0 Å². The Hall–Kier alpha value is -2.34. The van der Waals surface area contributed by atoms with Gasteiger partial charge in [-0.2, -0.15) is 0 Å². The summed E-state index contributed by atoms with van der Waals surface area (Å²) in [5.41, 5.74) is 1.00. The van der Waals surface area contributed by atoms with Crippen molar-refractivity contribution in [1.29, 1.82) is 0 Å². The van der Waals surface area contributed by atoms with Gasteiger partial charge in [-0.3, -0.25) is 9.59 Å². The molecule has 0 unspecified atom stereocenters. The summed E-state index contributed by atoms with van der Waals surface area (Å²) >= 11 is 1.53. The second-order valence-electron chi connectivity index (χ2n) is 5.77. The van der Waals surface area contributed by atoms with Crippen LogP contribution in [-0.2, 0) is 9.59 Å². The highest BCUT2D eigenvalue weighted by atomic mass is 32.1. The Labute approximate surface area is 145 Å². The number of benzene rings is 1. The number of hydrogen-bond donors (Lipinski definition) is 2. The predicted molar refractivity (Wildman–Crippen MR) is 92.9 cm³/mol. The van der Waals surface area contributed by atoms with Crippen molar-refractivity contribution in [3.8, 4) is 5.75 Å². The van der Waals surface area contributed by atoms with Crippen LogP contribution in [0.25, 0.3) is 0 Å². The second kappa shape index (κ2) is 7.49. The van der Waals surface area contributed by atoms with Crippen molar-refractivity contribution in [2.75, 3.05) is 6.61 Å². The van der Waals surface area contributed by atoms with Gasteiger partial charge in [0.25, 0.3) is 0 Å². The van der Waals surface area contributed by atoms with E-state index in [1.807, 2.05) is 41.8 Å².